The van der Waals surface area contributed by atoms with Gasteiger partial charge in [0.25, 0.3) is 0 Å². The highest BCUT2D eigenvalue weighted by Crippen LogP contribution is 2.05. The first-order valence-corrected chi connectivity index (χ1v) is 5.05. The number of esters is 1. The number of carbonyl (C=O) groups is 3. The van der Waals surface area contributed by atoms with E-state index in [1.807, 2.05) is 0 Å². The second-order valence-electron chi connectivity index (χ2n) is 3.55. The molecule has 0 unspecified atom stereocenters. The molecule has 1 aromatic heterocycles. The fourth-order valence-corrected chi connectivity index (χ4v) is 1.37. The van der Waals surface area contributed by atoms with Gasteiger partial charge in [0.1, 0.15) is 18.8 Å². The normalized spacial score (nSPS) is 11.9. The Kier molecular flexibility index (Phi) is 4.55. The van der Waals surface area contributed by atoms with E-state index in [0.29, 0.717) is 5.69 Å². The molecule has 8 heteroatoms. The maximum atomic E-state index is 11.5. The molecule has 0 spiro atoms. The van der Waals surface area contributed by atoms with Crippen molar-refractivity contribution in [2.75, 3.05) is 7.11 Å². The number of rotatable bonds is 5. The number of carboxylic acids is 1. The van der Waals surface area contributed by atoms with Crippen molar-refractivity contribution in [3.8, 4) is 0 Å². The average molecular weight is 255 g/mol. The number of aliphatic carboxylic acids is 1. The Hall–Kier alpha value is -2.22. The maximum Gasteiger partial charge on any atom is 0.323 e. The molecule has 3 N–H and O–H groups in total. The summed E-state index contributed by atoms with van der Waals surface area (Å²) < 4.78 is 5.52. The first kappa shape index (κ1) is 13.8. The van der Waals surface area contributed by atoms with Crippen LogP contribution in [0.25, 0.3) is 0 Å². The molecule has 0 bridgehead atoms. The predicted octanol–water partition coefficient (Wildman–Crippen LogP) is -0.959. The van der Waals surface area contributed by atoms with E-state index in [-0.39, 0.29) is 6.42 Å². The van der Waals surface area contributed by atoms with Crippen LogP contribution in [0.5, 0.6) is 0 Å². The van der Waals surface area contributed by atoms with Gasteiger partial charge in [0.15, 0.2) is 0 Å². The second-order valence-corrected chi connectivity index (χ2v) is 3.55. The summed E-state index contributed by atoms with van der Waals surface area (Å²) in [4.78, 5) is 36.9. The van der Waals surface area contributed by atoms with E-state index in [1.165, 1.54) is 19.6 Å². The van der Waals surface area contributed by atoms with Gasteiger partial charge in [-0.2, -0.15) is 0 Å². The van der Waals surface area contributed by atoms with Gasteiger partial charge in [-0.3, -0.25) is 19.0 Å². The Morgan fingerprint density at radius 3 is 2.78 bits per heavy atom. The molecule has 1 aromatic rings. The molecule has 0 aromatic carbocycles. The first-order valence-electron chi connectivity index (χ1n) is 5.05. The van der Waals surface area contributed by atoms with Crippen molar-refractivity contribution >= 4 is 17.8 Å². The lowest BCUT2D eigenvalue weighted by Crippen LogP contribution is -2.34. The SMILES string of the molecule is COC(=O)[C@@H](N)Cc1cncn1C(=O)CC(=O)O. The van der Waals surface area contributed by atoms with Crippen molar-refractivity contribution in [2.24, 2.45) is 5.73 Å². The van der Waals surface area contributed by atoms with E-state index in [4.69, 9.17) is 10.8 Å². The van der Waals surface area contributed by atoms with Crippen molar-refractivity contribution in [3.05, 3.63) is 18.2 Å². The molecular weight excluding hydrogens is 242 g/mol. The Bertz CT molecular complexity index is 468. The highest BCUT2D eigenvalue weighted by Gasteiger charge is 2.19. The summed E-state index contributed by atoms with van der Waals surface area (Å²) in [7, 11) is 1.20. The molecular formula is C10H13N3O5. The van der Waals surface area contributed by atoms with Crippen LogP contribution in [0, 0.1) is 0 Å². The van der Waals surface area contributed by atoms with Crippen LogP contribution in [-0.2, 0) is 20.7 Å². The third-order valence-electron chi connectivity index (χ3n) is 2.22. The number of imidazole rings is 1. The number of hydrogen-bond donors (Lipinski definition) is 2. The zero-order valence-electron chi connectivity index (χ0n) is 9.70. The molecule has 0 aliphatic carbocycles. The largest absolute Gasteiger partial charge is 0.481 e. The third kappa shape index (κ3) is 3.39. The van der Waals surface area contributed by atoms with E-state index in [1.54, 1.807) is 0 Å². The molecule has 0 saturated heterocycles. The van der Waals surface area contributed by atoms with Crippen molar-refractivity contribution in [1.82, 2.24) is 9.55 Å². The van der Waals surface area contributed by atoms with Gasteiger partial charge in [-0.15, -0.1) is 0 Å². The number of carbonyl (C=O) groups excluding carboxylic acids is 2. The number of hydrogen-bond acceptors (Lipinski definition) is 6. The lowest BCUT2D eigenvalue weighted by atomic mass is 10.2. The molecule has 1 heterocycles. The van der Waals surface area contributed by atoms with Crippen LogP contribution < -0.4 is 5.73 Å². The van der Waals surface area contributed by atoms with Crippen LogP contribution in [0.15, 0.2) is 12.5 Å². The maximum absolute atomic E-state index is 11.5. The molecule has 1 rings (SSSR count). The lowest BCUT2D eigenvalue weighted by molar-refractivity contribution is -0.142. The second kappa shape index (κ2) is 5.92. The minimum atomic E-state index is -1.24. The van der Waals surface area contributed by atoms with Gasteiger partial charge in [-0.25, -0.2) is 4.98 Å². The van der Waals surface area contributed by atoms with E-state index >= 15 is 0 Å². The van der Waals surface area contributed by atoms with Gasteiger partial charge in [-0.1, -0.05) is 0 Å². The van der Waals surface area contributed by atoms with Gasteiger partial charge in [0, 0.05) is 18.3 Å². The molecule has 0 fully saturated rings. The fraction of sp³-hybridized carbons (Fsp3) is 0.400. The van der Waals surface area contributed by atoms with Crippen LogP contribution >= 0.6 is 0 Å². The zero-order valence-corrected chi connectivity index (χ0v) is 9.70. The van der Waals surface area contributed by atoms with Crippen molar-refractivity contribution < 1.29 is 24.2 Å². The Morgan fingerprint density at radius 2 is 2.22 bits per heavy atom. The monoisotopic (exact) mass is 255 g/mol. The summed E-state index contributed by atoms with van der Waals surface area (Å²) in [6.45, 7) is 0. The summed E-state index contributed by atoms with van der Waals surface area (Å²) in [6, 6.07) is -0.928. The molecule has 0 aliphatic heterocycles. The highest BCUT2D eigenvalue weighted by atomic mass is 16.5. The standard InChI is InChI=1S/C10H13N3O5/c1-18-10(17)7(11)2-6-4-12-5-13(6)8(14)3-9(15)16/h4-5,7H,2-3,11H2,1H3,(H,15,16)/t7-/m0/s1. The number of carboxylic acid groups (broad SMARTS) is 1. The van der Waals surface area contributed by atoms with E-state index in [2.05, 4.69) is 9.72 Å². The minimum absolute atomic E-state index is 0.0397. The highest BCUT2D eigenvalue weighted by molar-refractivity contribution is 5.95. The van der Waals surface area contributed by atoms with E-state index < -0.39 is 30.3 Å². The van der Waals surface area contributed by atoms with Gasteiger partial charge < -0.3 is 15.6 Å². The van der Waals surface area contributed by atoms with Gasteiger partial charge >= 0.3 is 11.9 Å². The molecule has 0 radical (unpaired) electrons. The number of aromatic nitrogens is 2. The number of ether oxygens (including phenoxy) is 1. The van der Waals surface area contributed by atoms with Gasteiger partial charge in [0.2, 0.25) is 5.91 Å². The lowest BCUT2D eigenvalue weighted by Gasteiger charge is -2.10. The molecule has 0 saturated carbocycles. The van der Waals surface area contributed by atoms with E-state index in [9.17, 15) is 14.4 Å². The van der Waals surface area contributed by atoms with Crippen molar-refractivity contribution in [3.63, 3.8) is 0 Å². The van der Waals surface area contributed by atoms with E-state index in [0.717, 1.165) is 4.57 Å². The molecule has 8 nitrogen and oxygen atoms in total. The zero-order chi connectivity index (χ0) is 13.7. The Balaban J connectivity index is 2.79. The Morgan fingerprint density at radius 1 is 1.56 bits per heavy atom. The smallest absolute Gasteiger partial charge is 0.323 e. The quantitative estimate of drug-likeness (QED) is 0.512. The summed E-state index contributed by atoms with van der Waals surface area (Å²) in [5.74, 6) is -2.50. The number of methoxy groups -OCH3 is 1. The number of nitrogens with two attached hydrogens (primary N) is 1. The third-order valence-corrected chi connectivity index (χ3v) is 2.22. The number of nitrogens with zero attached hydrogens (tertiary/aromatic N) is 2. The van der Waals surface area contributed by atoms with Gasteiger partial charge in [-0.05, 0) is 0 Å². The predicted molar refractivity (Wildman–Crippen MR) is 58.8 cm³/mol. The first-order chi connectivity index (χ1) is 8.45. The van der Waals surface area contributed by atoms with Crippen molar-refractivity contribution in [1.29, 1.82) is 0 Å². The summed E-state index contributed by atoms with van der Waals surface area (Å²) in [5, 5.41) is 8.53. The van der Waals surface area contributed by atoms with Crippen LogP contribution in [-0.4, -0.2) is 45.7 Å². The van der Waals surface area contributed by atoms with Crippen LogP contribution in [0.1, 0.15) is 16.9 Å². The fourth-order valence-electron chi connectivity index (χ4n) is 1.37. The summed E-state index contributed by atoms with van der Waals surface area (Å²) >= 11 is 0. The molecule has 98 valence electrons. The van der Waals surface area contributed by atoms with Crippen LogP contribution in [0.2, 0.25) is 0 Å². The average Bonchev–Trinajstić information content (AvgIpc) is 2.75. The van der Waals surface area contributed by atoms with Crippen molar-refractivity contribution in [2.45, 2.75) is 18.9 Å². The topological polar surface area (TPSA) is 125 Å². The molecule has 1 atom stereocenters. The van der Waals surface area contributed by atoms with Gasteiger partial charge in [0.05, 0.1) is 7.11 Å². The molecule has 0 aliphatic rings. The Labute approximate surface area is 102 Å². The minimum Gasteiger partial charge on any atom is -0.481 e. The van der Waals surface area contributed by atoms with Crippen LogP contribution in [0.4, 0.5) is 0 Å². The summed E-state index contributed by atoms with van der Waals surface area (Å²) in [6.07, 6.45) is 1.92. The molecule has 0 amide bonds. The summed E-state index contributed by atoms with van der Waals surface area (Å²) in [5.41, 5.74) is 5.91. The molecule has 18 heavy (non-hydrogen) atoms. The van der Waals surface area contributed by atoms with Crippen LogP contribution in [0.3, 0.4) is 0 Å².